The predicted molar refractivity (Wildman–Crippen MR) is 120 cm³/mol. The van der Waals surface area contributed by atoms with Crippen molar-refractivity contribution in [3.63, 3.8) is 0 Å². The third-order valence-corrected chi connectivity index (χ3v) is 5.95. The zero-order valence-corrected chi connectivity index (χ0v) is 17.3. The molecule has 1 saturated heterocycles. The lowest BCUT2D eigenvalue weighted by Crippen LogP contribution is -2.54. The third-order valence-electron chi connectivity index (χ3n) is 5.95. The normalized spacial score (nSPS) is 18.8. The lowest BCUT2D eigenvalue weighted by molar-refractivity contribution is -0.139. The van der Waals surface area contributed by atoms with Gasteiger partial charge < -0.3 is 5.11 Å². The molecule has 4 nitrogen and oxygen atoms in total. The summed E-state index contributed by atoms with van der Waals surface area (Å²) in [6, 6.07) is 30.2. The molecule has 1 unspecified atom stereocenters. The molecule has 4 heteroatoms. The maximum atomic E-state index is 11.2. The number of rotatable bonds is 6. The van der Waals surface area contributed by atoms with Crippen LogP contribution in [0.1, 0.15) is 24.1 Å². The van der Waals surface area contributed by atoms with Crippen LogP contribution in [0.25, 0.3) is 11.1 Å². The fourth-order valence-electron chi connectivity index (χ4n) is 4.40. The zero-order valence-electron chi connectivity index (χ0n) is 17.3. The quantitative estimate of drug-likeness (QED) is 0.660. The number of benzene rings is 3. The molecule has 0 radical (unpaired) electrons. The van der Waals surface area contributed by atoms with Crippen LogP contribution in [-0.4, -0.2) is 53.1 Å². The molecule has 1 N–H and O–H groups in total. The Hall–Kier alpha value is -2.95. The zero-order chi connectivity index (χ0) is 20.9. The predicted octanol–water partition coefficient (Wildman–Crippen LogP) is 4.53. The first-order chi connectivity index (χ1) is 14.6. The van der Waals surface area contributed by atoms with E-state index in [1.807, 2.05) is 12.1 Å². The Morgan fingerprint density at radius 2 is 1.43 bits per heavy atom. The van der Waals surface area contributed by atoms with E-state index in [0.29, 0.717) is 0 Å². The molecule has 30 heavy (non-hydrogen) atoms. The van der Waals surface area contributed by atoms with E-state index < -0.39 is 5.97 Å². The minimum atomic E-state index is -0.758. The van der Waals surface area contributed by atoms with Gasteiger partial charge in [-0.3, -0.25) is 14.6 Å². The molecule has 3 aromatic rings. The van der Waals surface area contributed by atoms with Gasteiger partial charge in [-0.15, -0.1) is 0 Å². The number of carbonyl (C=O) groups is 1. The van der Waals surface area contributed by atoms with Crippen molar-refractivity contribution in [3.05, 3.63) is 96.1 Å². The van der Waals surface area contributed by atoms with E-state index in [4.69, 9.17) is 0 Å². The summed E-state index contributed by atoms with van der Waals surface area (Å²) in [5.74, 6) is -0.758. The van der Waals surface area contributed by atoms with Crippen molar-refractivity contribution in [1.82, 2.24) is 9.80 Å². The number of hydrogen-bond acceptors (Lipinski definition) is 3. The van der Waals surface area contributed by atoms with Crippen LogP contribution in [0.3, 0.4) is 0 Å². The fraction of sp³-hybridized carbons (Fsp3) is 0.269. The summed E-state index contributed by atoms with van der Waals surface area (Å²) in [6.45, 7) is 4.68. The Morgan fingerprint density at radius 1 is 0.867 bits per heavy atom. The summed E-state index contributed by atoms with van der Waals surface area (Å²) in [4.78, 5) is 15.7. The van der Waals surface area contributed by atoms with Crippen LogP contribution < -0.4 is 0 Å². The molecule has 0 bridgehead atoms. The topological polar surface area (TPSA) is 43.8 Å². The molecule has 1 aliphatic heterocycles. The van der Waals surface area contributed by atoms with Crippen molar-refractivity contribution < 1.29 is 9.90 Å². The summed E-state index contributed by atoms with van der Waals surface area (Å²) >= 11 is 0. The highest BCUT2D eigenvalue weighted by atomic mass is 16.4. The van der Waals surface area contributed by atoms with E-state index in [1.54, 1.807) is 0 Å². The Kier molecular flexibility index (Phi) is 6.26. The second-order valence-electron chi connectivity index (χ2n) is 8.01. The van der Waals surface area contributed by atoms with Crippen LogP contribution in [0.15, 0.2) is 84.9 Å². The molecule has 0 saturated carbocycles. The number of nitrogens with zero attached hydrogens (tertiary/aromatic N) is 2. The van der Waals surface area contributed by atoms with Crippen LogP contribution >= 0.6 is 0 Å². The highest BCUT2D eigenvalue weighted by molar-refractivity contribution is 5.69. The molecule has 0 spiro atoms. The molecule has 0 aromatic heterocycles. The Morgan fingerprint density at radius 3 is 2.03 bits per heavy atom. The van der Waals surface area contributed by atoms with Gasteiger partial charge in [0.15, 0.2) is 0 Å². The van der Waals surface area contributed by atoms with Gasteiger partial charge in [-0.05, 0) is 29.2 Å². The molecule has 4 rings (SSSR count). The van der Waals surface area contributed by atoms with Gasteiger partial charge in [-0.1, -0.05) is 84.9 Å². The summed E-state index contributed by atoms with van der Waals surface area (Å²) < 4.78 is 0. The van der Waals surface area contributed by atoms with Gasteiger partial charge in [0.1, 0.15) is 0 Å². The SMILES string of the molecule is C[C@@H]1CN(C(c2ccccc2)c2ccc(-c3ccccc3)cc2)CCN1CC(=O)O. The molecule has 154 valence electrons. The molecule has 1 aliphatic rings. The van der Waals surface area contributed by atoms with Crippen LogP contribution in [0, 0.1) is 0 Å². The Labute approximate surface area is 178 Å². The lowest BCUT2D eigenvalue weighted by Gasteiger charge is -2.43. The first-order valence-corrected chi connectivity index (χ1v) is 10.5. The number of carboxylic acid groups (broad SMARTS) is 1. The number of carboxylic acids is 1. The van der Waals surface area contributed by atoms with Gasteiger partial charge >= 0.3 is 5.97 Å². The Bertz CT molecular complexity index is 957. The molecule has 3 aromatic carbocycles. The van der Waals surface area contributed by atoms with Gasteiger partial charge in [-0.2, -0.15) is 0 Å². The van der Waals surface area contributed by atoms with E-state index >= 15 is 0 Å². The van der Waals surface area contributed by atoms with Gasteiger partial charge in [-0.25, -0.2) is 0 Å². The van der Waals surface area contributed by atoms with Crippen LogP contribution in [-0.2, 0) is 4.79 Å². The lowest BCUT2D eigenvalue weighted by atomic mass is 9.94. The van der Waals surface area contributed by atoms with E-state index in [9.17, 15) is 9.90 Å². The van der Waals surface area contributed by atoms with Crippen molar-refractivity contribution in [2.75, 3.05) is 26.2 Å². The van der Waals surface area contributed by atoms with E-state index in [2.05, 4.69) is 89.5 Å². The largest absolute Gasteiger partial charge is 0.480 e. The van der Waals surface area contributed by atoms with Gasteiger partial charge in [0.25, 0.3) is 0 Å². The number of hydrogen-bond donors (Lipinski definition) is 1. The molecule has 2 atom stereocenters. The minimum Gasteiger partial charge on any atom is -0.480 e. The standard InChI is InChI=1S/C26H28N2O2/c1-20-18-28(17-16-27(20)19-25(29)30)26(23-10-6-3-7-11-23)24-14-12-22(13-15-24)21-8-4-2-5-9-21/h2-15,20,26H,16-19H2,1H3,(H,29,30)/t20-,26?/m1/s1. The van der Waals surface area contributed by atoms with Crippen molar-refractivity contribution in [1.29, 1.82) is 0 Å². The van der Waals surface area contributed by atoms with Crippen LogP contribution in [0.2, 0.25) is 0 Å². The molecule has 0 amide bonds. The van der Waals surface area contributed by atoms with Crippen LogP contribution in [0.4, 0.5) is 0 Å². The summed E-state index contributed by atoms with van der Waals surface area (Å²) in [7, 11) is 0. The Balaban J connectivity index is 1.61. The maximum Gasteiger partial charge on any atom is 0.317 e. The van der Waals surface area contributed by atoms with Crippen molar-refractivity contribution >= 4 is 5.97 Å². The van der Waals surface area contributed by atoms with E-state index in [-0.39, 0.29) is 18.6 Å². The van der Waals surface area contributed by atoms with Crippen molar-refractivity contribution in [3.8, 4) is 11.1 Å². The number of piperazine rings is 1. The molecular weight excluding hydrogens is 372 g/mol. The fourth-order valence-corrected chi connectivity index (χ4v) is 4.40. The summed E-state index contributed by atoms with van der Waals surface area (Å²) in [6.07, 6.45) is 0. The molecular formula is C26H28N2O2. The highest BCUT2D eigenvalue weighted by Crippen LogP contribution is 2.32. The maximum absolute atomic E-state index is 11.2. The monoisotopic (exact) mass is 400 g/mol. The van der Waals surface area contributed by atoms with Gasteiger partial charge in [0.05, 0.1) is 12.6 Å². The second-order valence-corrected chi connectivity index (χ2v) is 8.01. The van der Waals surface area contributed by atoms with E-state index in [1.165, 1.54) is 22.3 Å². The molecule has 1 fully saturated rings. The van der Waals surface area contributed by atoms with Gasteiger partial charge in [0, 0.05) is 25.7 Å². The number of aliphatic carboxylic acids is 1. The smallest absolute Gasteiger partial charge is 0.317 e. The first kappa shape index (κ1) is 20.3. The van der Waals surface area contributed by atoms with Crippen molar-refractivity contribution in [2.45, 2.75) is 19.0 Å². The van der Waals surface area contributed by atoms with Gasteiger partial charge in [0.2, 0.25) is 0 Å². The molecule has 0 aliphatic carbocycles. The van der Waals surface area contributed by atoms with E-state index in [0.717, 1.165) is 19.6 Å². The highest BCUT2D eigenvalue weighted by Gasteiger charge is 2.30. The average Bonchev–Trinajstić information content (AvgIpc) is 2.77. The average molecular weight is 401 g/mol. The van der Waals surface area contributed by atoms with Crippen molar-refractivity contribution in [2.24, 2.45) is 0 Å². The summed E-state index contributed by atoms with van der Waals surface area (Å²) in [5.41, 5.74) is 4.96. The summed E-state index contributed by atoms with van der Waals surface area (Å²) in [5, 5.41) is 9.18. The third kappa shape index (κ3) is 4.61. The van der Waals surface area contributed by atoms with Crippen LogP contribution in [0.5, 0.6) is 0 Å². The molecule has 1 heterocycles. The minimum absolute atomic E-state index is 0.108. The first-order valence-electron chi connectivity index (χ1n) is 10.5. The second kappa shape index (κ2) is 9.24.